The van der Waals surface area contributed by atoms with Crippen LogP contribution >= 0.6 is 0 Å². The zero-order valence-electron chi connectivity index (χ0n) is 13.0. The number of pyridine rings is 1. The first-order chi connectivity index (χ1) is 11.3. The van der Waals surface area contributed by atoms with Crippen molar-refractivity contribution in [1.82, 2.24) is 24.1 Å². The lowest BCUT2D eigenvalue weighted by Gasteiger charge is -2.21. The molecule has 4 rings (SSSR count). The minimum atomic E-state index is 0.275. The van der Waals surface area contributed by atoms with Gasteiger partial charge in [-0.25, -0.2) is 9.97 Å². The second-order valence-corrected chi connectivity index (χ2v) is 5.94. The van der Waals surface area contributed by atoms with Crippen LogP contribution in [0, 0.1) is 5.92 Å². The first-order valence-electron chi connectivity index (χ1n) is 7.80. The van der Waals surface area contributed by atoms with Crippen LogP contribution in [0.25, 0.3) is 11.6 Å². The SMILES string of the molecule is Cn1ccnc1-c1nccn1[C@@H]1COC[C@H]1Cc1ccncc1. The Kier molecular flexibility index (Phi) is 3.67. The van der Waals surface area contributed by atoms with Crippen molar-refractivity contribution >= 4 is 0 Å². The Morgan fingerprint density at radius 3 is 2.61 bits per heavy atom. The average Bonchev–Trinajstić information content (AvgIpc) is 3.28. The number of rotatable bonds is 4. The number of imidazole rings is 2. The van der Waals surface area contributed by atoms with Crippen molar-refractivity contribution in [3.63, 3.8) is 0 Å². The molecule has 1 fully saturated rings. The maximum atomic E-state index is 5.78. The number of hydrogen-bond donors (Lipinski definition) is 0. The standard InChI is InChI=1S/C17H19N5O/c1-21-8-6-19-16(21)17-20-7-9-22(17)15-12-23-11-14(15)10-13-2-4-18-5-3-13/h2-9,14-15H,10-12H2,1H3/t14-,15-/m1/s1. The lowest BCUT2D eigenvalue weighted by Crippen LogP contribution is -2.20. The van der Waals surface area contributed by atoms with Gasteiger partial charge in [0.2, 0.25) is 0 Å². The summed E-state index contributed by atoms with van der Waals surface area (Å²) in [4.78, 5) is 13.0. The molecule has 1 aliphatic rings. The fourth-order valence-corrected chi connectivity index (χ4v) is 3.25. The van der Waals surface area contributed by atoms with Gasteiger partial charge in [-0.3, -0.25) is 4.98 Å². The van der Waals surface area contributed by atoms with Gasteiger partial charge < -0.3 is 13.9 Å². The van der Waals surface area contributed by atoms with Crippen LogP contribution in [0.15, 0.2) is 49.3 Å². The molecule has 6 nitrogen and oxygen atoms in total. The first-order valence-corrected chi connectivity index (χ1v) is 7.80. The van der Waals surface area contributed by atoms with Gasteiger partial charge in [-0.05, 0) is 24.1 Å². The van der Waals surface area contributed by atoms with Gasteiger partial charge in [0, 0.05) is 50.1 Å². The Bertz CT molecular complexity index is 779. The molecule has 6 heteroatoms. The second-order valence-electron chi connectivity index (χ2n) is 5.94. The zero-order valence-corrected chi connectivity index (χ0v) is 13.0. The summed E-state index contributed by atoms with van der Waals surface area (Å²) < 4.78 is 9.98. The number of aryl methyl sites for hydroxylation is 1. The van der Waals surface area contributed by atoms with Crippen molar-refractivity contribution in [2.24, 2.45) is 13.0 Å². The van der Waals surface area contributed by atoms with E-state index in [9.17, 15) is 0 Å². The summed E-state index contributed by atoms with van der Waals surface area (Å²) in [5.41, 5.74) is 1.29. The highest BCUT2D eigenvalue weighted by atomic mass is 16.5. The lowest BCUT2D eigenvalue weighted by atomic mass is 9.95. The molecule has 23 heavy (non-hydrogen) atoms. The van der Waals surface area contributed by atoms with E-state index in [4.69, 9.17) is 4.74 Å². The van der Waals surface area contributed by atoms with Crippen molar-refractivity contribution in [2.75, 3.05) is 13.2 Å². The van der Waals surface area contributed by atoms with E-state index < -0.39 is 0 Å². The molecule has 3 aromatic heterocycles. The maximum Gasteiger partial charge on any atom is 0.176 e. The minimum Gasteiger partial charge on any atom is -0.379 e. The van der Waals surface area contributed by atoms with E-state index in [1.807, 2.05) is 42.6 Å². The third-order valence-electron chi connectivity index (χ3n) is 4.46. The van der Waals surface area contributed by atoms with E-state index in [0.29, 0.717) is 12.5 Å². The largest absolute Gasteiger partial charge is 0.379 e. The van der Waals surface area contributed by atoms with Crippen LogP contribution in [0.5, 0.6) is 0 Å². The molecule has 0 aliphatic carbocycles. The third kappa shape index (κ3) is 2.66. The van der Waals surface area contributed by atoms with Gasteiger partial charge in [0.05, 0.1) is 19.3 Å². The number of nitrogens with zero attached hydrogens (tertiary/aromatic N) is 5. The van der Waals surface area contributed by atoms with Gasteiger partial charge in [0.15, 0.2) is 11.6 Å². The summed E-state index contributed by atoms with van der Waals surface area (Å²) in [5, 5.41) is 0. The van der Waals surface area contributed by atoms with E-state index in [-0.39, 0.29) is 6.04 Å². The Hall–Kier alpha value is -2.47. The highest BCUT2D eigenvalue weighted by molar-refractivity contribution is 5.45. The van der Waals surface area contributed by atoms with Crippen LogP contribution < -0.4 is 0 Å². The topological polar surface area (TPSA) is 57.8 Å². The summed E-state index contributed by atoms with van der Waals surface area (Å²) in [6.45, 7) is 1.48. The zero-order chi connectivity index (χ0) is 15.6. The van der Waals surface area contributed by atoms with E-state index >= 15 is 0 Å². The Balaban J connectivity index is 1.63. The van der Waals surface area contributed by atoms with Gasteiger partial charge in [-0.1, -0.05) is 0 Å². The Morgan fingerprint density at radius 1 is 1.04 bits per heavy atom. The van der Waals surface area contributed by atoms with Crippen molar-refractivity contribution < 1.29 is 4.74 Å². The van der Waals surface area contributed by atoms with Crippen molar-refractivity contribution in [3.05, 3.63) is 54.9 Å². The summed E-state index contributed by atoms with van der Waals surface area (Å²) >= 11 is 0. The molecule has 0 amide bonds. The van der Waals surface area contributed by atoms with E-state index in [0.717, 1.165) is 24.7 Å². The number of aromatic nitrogens is 5. The molecule has 0 radical (unpaired) electrons. The fraction of sp³-hybridized carbons (Fsp3) is 0.353. The fourth-order valence-electron chi connectivity index (χ4n) is 3.25. The summed E-state index contributed by atoms with van der Waals surface area (Å²) in [6, 6.07) is 4.42. The molecular formula is C17H19N5O. The average molecular weight is 309 g/mol. The molecule has 2 atom stereocenters. The van der Waals surface area contributed by atoms with Gasteiger partial charge in [0.1, 0.15) is 0 Å². The molecule has 0 unspecified atom stereocenters. The predicted molar refractivity (Wildman–Crippen MR) is 85.7 cm³/mol. The van der Waals surface area contributed by atoms with Crippen LogP contribution in [0.3, 0.4) is 0 Å². The molecule has 0 bridgehead atoms. The normalized spacial score (nSPS) is 20.9. The monoisotopic (exact) mass is 309 g/mol. The molecule has 1 aliphatic heterocycles. The van der Waals surface area contributed by atoms with Crippen LogP contribution in [0.2, 0.25) is 0 Å². The number of hydrogen-bond acceptors (Lipinski definition) is 4. The number of ether oxygens (including phenoxy) is 1. The van der Waals surface area contributed by atoms with Crippen molar-refractivity contribution in [3.8, 4) is 11.6 Å². The Labute approximate surface area is 134 Å². The van der Waals surface area contributed by atoms with Crippen molar-refractivity contribution in [1.29, 1.82) is 0 Å². The summed E-state index contributed by atoms with van der Waals surface area (Å²) in [7, 11) is 1.99. The molecule has 0 N–H and O–H groups in total. The van der Waals surface area contributed by atoms with Gasteiger partial charge in [0.25, 0.3) is 0 Å². The van der Waals surface area contributed by atoms with E-state index in [1.165, 1.54) is 5.56 Å². The quantitative estimate of drug-likeness (QED) is 0.740. The van der Waals surface area contributed by atoms with Gasteiger partial charge in [-0.2, -0.15) is 0 Å². The van der Waals surface area contributed by atoms with Crippen LogP contribution in [-0.2, 0) is 18.2 Å². The predicted octanol–water partition coefficient (Wildman–Crippen LogP) is 2.11. The minimum absolute atomic E-state index is 0.275. The van der Waals surface area contributed by atoms with E-state index in [1.54, 1.807) is 6.20 Å². The van der Waals surface area contributed by atoms with Gasteiger partial charge >= 0.3 is 0 Å². The first kappa shape index (κ1) is 14.1. The summed E-state index contributed by atoms with van der Waals surface area (Å²) in [5.74, 6) is 2.20. The third-order valence-corrected chi connectivity index (χ3v) is 4.46. The Morgan fingerprint density at radius 2 is 1.83 bits per heavy atom. The smallest absolute Gasteiger partial charge is 0.176 e. The molecule has 4 heterocycles. The van der Waals surface area contributed by atoms with Crippen LogP contribution in [0.4, 0.5) is 0 Å². The van der Waals surface area contributed by atoms with Crippen molar-refractivity contribution in [2.45, 2.75) is 12.5 Å². The molecule has 0 aromatic carbocycles. The van der Waals surface area contributed by atoms with Crippen LogP contribution in [0.1, 0.15) is 11.6 Å². The molecule has 118 valence electrons. The molecule has 0 saturated carbocycles. The van der Waals surface area contributed by atoms with Crippen LogP contribution in [-0.4, -0.2) is 37.3 Å². The molecule has 3 aromatic rings. The van der Waals surface area contributed by atoms with Gasteiger partial charge in [-0.15, -0.1) is 0 Å². The molecule has 0 spiro atoms. The summed E-state index contributed by atoms with van der Waals surface area (Å²) in [6.07, 6.45) is 12.3. The highest BCUT2D eigenvalue weighted by Gasteiger charge is 2.31. The lowest BCUT2D eigenvalue weighted by molar-refractivity contribution is 0.181. The maximum absolute atomic E-state index is 5.78. The molecular weight excluding hydrogens is 290 g/mol. The van der Waals surface area contributed by atoms with E-state index in [2.05, 4.69) is 31.7 Å². The highest BCUT2D eigenvalue weighted by Crippen LogP contribution is 2.32. The second kappa shape index (κ2) is 5.96. The molecule has 1 saturated heterocycles.